The maximum Gasteiger partial charge on any atom is 0.308 e. The minimum Gasteiger partial charge on any atom is -0.469 e. The Bertz CT molecular complexity index is 433. The van der Waals surface area contributed by atoms with Gasteiger partial charge in [-0.3, -0.25) is 9.69 Å². The summed E-state index contributed by atoms with van der Waals surface area (Å²) < 4.78 is 4.90. The molecule has 110 valence electrons. The monoisotopic (exact) mass is 276 g/mol. The van der Waals surface area contributed by atoms with Gasteiger partial charge >= 0.3 is 5.97 Å². The van der Waals surface area contributed by atoms with Crippen LogP contribution >= 0.6 is 0 Å². The third-order valence-electron chi connectivity index (χ3n) is 3.95. The van der Waals surface area contributed by atoms with Crippen molar-refractivity contribution in [3.8, 4) is 0 Å². The van der Waals surface area contributed by atoms with Crippen molar-refractivity contribution in [1.82, 2.24) is 4.90 Å². The summed E-state index contributed by atoms with van der Waals surface area (Å²) in [6, 6.07) is 10.6. The Morgan fingerprint density at radius 2 is 2.05 bits per heavy atom. The lowest BCUT2D eigenvalue weighted by Crippen LogP contribution is -2.51. The van der Waals surface area contributed by atoms with Crippen molar-refractivity contribution in [2.75, 3.05) is 19.0 Å². The molecule has 2 unspecified atom stereocenters. The summed E-state index contributed by atoms with van der Waals surface area (Å²) in [6.07, 6.45) is 1.84. The fraction of sp³-hybridized carbons (Fsp3) is 0.562. The first-order valence-corrected chi connectivity index (χ1v) is 7.27. The second kappa shape index (κ2) is 6.75. The van der Waals surface area contributed by atoms with E-state index in [1.807, 2.05) is 18.2 Å². The van der Waals surface area contributed by atoms with Crippen LogP contribution in [0.4, 0.5) is 5.69 Å². The molecule has 1 fully saturated rings. The minimum absolute atomic E-state index is 0.00351. The zero-order valence-electron chi connectivity index (χ0n) is 12.5. The Labute approximate surface area is 121 Å². The van der Waals surface area contributed by atoms with Gasteiger partial charge in [-0.2, -0.15) is 0 Å². The average Bonchev–Trinajstić information content (AvgIpc) is 2.47. The van der Waals surface area contributed by atoms with Crippen LogP contribution < -0.4 is 5.32 Å². The van der Waals surface area contributed by atoms with E-state index in [0.717, 1.165) is 25.1 Å². The number of hydrogen-bond acceptors (Lipinski definition) is 4. The Morgan fingerprint density at radius 1 is 1.35 bits per heavy atom. The largest absolute Gasteiger partial charge is 0.469 e. The van der Waals surface area contributed by atoms with Crippen LogP contribution in [0.1, 0.15) is 26.7 Å². The lowest BCUT2D eigenvalue weighted by molar-refractivity contribution is -0.147. The van der Waals surface area contributed by atoms with Crippen LogP contribution in [-0.4, -0.2) is 36.7 Å². The molecule has 1 aromatic carbocycles. The molecule has 20 heavy (non-hydrogen) atoms. The van der Waals surface area contributed by atoms with E-state index in [0.29, 0.717) is 6.04 Å². The highest BCUT2D eigenvalue weighted by Crippen LogP contribution is 2.26. The number of carbonyl (C=O) groups is 1. The van der Waals surface area contributed by atoms with E-state index < -0.39 is 0 Å². The number of nitrogens with zero attached hydrogens (tertiary/aromatic N) is 1. The number of ether oxygens (including phenoxy) is 1. The van der Waals surface area contributed by atoms with Crippen molar-refractivity contribution >= 4 is 11.7 Å². The molecule has 0 amide bonds. The summed E-state index contributed by atoms with van der Waals surface area (Å²) in [6.45, 7) is 5.30. The van der Waals surface area contributed by atoms with Gasteiger partial charge in [-0.15, -0.1) is 0 Å². The molecular formula is C16H24N2O2. The minimum atomic E-state index is -0.0896. The highest BCUT2D eigenvalue weighted by atomic mass is 16.5. The Morgan fingerprint density at radius 3 is 2.65 bits per heavy atom. The molecule has 1 aliphatic rings. The molecule has 4 nitrogen and oxygen atoms in total. The molecule has 0 bridgehead atoms. The number of methoxy groups -OCH3 is 1. The smallest absolute Gasteiger partial charge is 0.308 e. The molecule has 1 N–H and O–H groups in total. The number of likely N-dealkylation sites (tertiary alicyclic amines) is 1. The van der Waals surface area contributed by atoms with Gasteiger partial charge in [0.05, 0.1) is 19.2 Å². The fourth-order valence-electron chi connectivity index (χ4n) is 2.85. The number of piperidine rings is 1. The fourth-order valence-corrected chi connectivity index (χ4v) is 2.85. The van der Waals surface area contributed by atoms with Crippen molar-refractivity contribution < 1.29 is 9.53 Å². The van der Waals surface area contributed by atoms with E-state index in [1.54, 1.807) is 0 Å². The molecule has 2 rings (SSSR count). The summed E-state index contributed by atoms with van der Waals surface area (Å²) in [5.41, 5.74) is 1.09. The number of nitrogens with one attached hydrogen (secondary N) is 1. The van der Waals surface area contributed by atoms with Crippen molar-refractivity contribution in [2.45, 2.75) is 38.9 Å². The first kappa shape index (κ1) is 14.9. The lowest BCUT2D eigenvalue weighted by Gasteiger charge is -2.41. The van der Waals surface area contributed by atoms with Gasteiger partial charge in [0.25, 0.3) is 0 Å². The Balaban J connectivity index is 2.09. The molecule has 4 heteroatoms. The van der Waals surface area contributed by atoms with E-state index in [9.17, 15) is 4.79 Å². The molecule has 0 aromatic heterocycles. The van der Waals surface area contributed by atoms with E-state index in [4.69, 9.17) is 4.74 Å². The molecule has 0 radical (unpaired) electrons. The van der Waals surface area contributed by atoms with Gasteiger partial charge in [0.1, 0.15) is 0 Å². The number of rotatable bonds is 4. The summed E-state index contributed by atoms with van der Waals surface area (Å²) >= 11 is 0. The second-order valence-electron chi connectivity index (χ2n) is 5.60. The van der Waals surface area contributed by atoms with Crippen molar-refractivity contribution in [2.24, 2.45) is 5.92 Å². The van der Waals surface area contributed by atoms with Crippen molar-refractivity contribution in [1.29, 1.82) is 0 Å². The van der Waals surface area contributed by atoms with E-state index in [-0.39, 0.29) is 18.1 Å². The third-order valence-corrected chi connectivity index (χ3v) is 3.95. The van der Waals surface area contributed by atoms with Crippen LogP contribution in [0.2, 0.25) is 0 Å². The molecular weight excluding hydrogens is 252 g/mol. The topological polar surface area (TPSA) is 41.6 Å². The maximum absolute atomic E-state index is 11.8. The van der Waals surface area contributed by atoms with E-state index in [2.05, 4.69) is 36.2 Å². The lowest BCUT2D eigenvalue weighted by atomic mass is 9.93. The van der Waals surface area contributed by atoms with Gasteiger partial charge in [-0.05, 0) is 38.8 Å². The van der Waals surface area contributed by atoms with Crippen LogP contribution in [0.3, 0.4) is 0 Å². The van der Waals surface area contributed by atoms with Gasteiger partial charge in [0.2, 0.25) is 0 Å². The van der Waals surface area contributed by atoms with Crippen LogP contribution in [0.15, 0.2) is 30.3 Å². The third kappa shape index (κ3) is 3.51. The summed E-state index contributed by atoms with van der Waals surface area (Å²) in [4.78, 5) is 14.2. The summed E-state index contributed by atoms with van der Waals surface area (Å²) in [5.74, 6) is -0.0931. The van der Waals surface area contributed by atoms with Gasteiger partial charge in [-0.25, -0.2) is 0 Å². The highest BCUT2D eigenvalue weighted by Gasteiger charge is 2.33. The van der Waals surface area contributed by atoms with E-state index >= 15 is 0 Å². The quantitative estimate of drug-likeness (QED) is 0.859. The van der Waals surface area contributed by atoms with Crippen LogP contribution in [0.25, 0.3) is 0 Å². The van der Waals surface area contributed by atoms with Gasteiger partial charge in [0.15, 0.2) is 0 Å². The van der Waals surface area contributed by atoms with Gasteiger partial charge in [0, 0.05) is 18.3 Å². The highest BCUT2D eigenvalue weighted by molar-refractivity contribution is 5.72. The number of benzene rings is 1. The second-order valence-corrected chi connectivity index (χ2v) is 5.60. The number of carbonyl (C=O) groups excluding carboxylic acids is 1. The number of anilines is 1. The summed E-state index contributed by atoms with van der Waals surface area (Å²) in [7, 11) is 1.47. The molecule has 1 aliphatic heterocycles. The molecule has 0 aliphatic carbocycles. The molecule has 2 atom stereocenters. The number of esters is 1. The number of para-hydroxylation sites is 1. The molecule has 1 heterocycles. The average molecular weight is 276 g/mol. The standard InChI is InChI=1S/C16H24N2O2/c1-12(2)18-10-9-13(16(19)20-3)11-15(18)17-14-7-5-4-6-8-14/h4-8,12-13,15,17H,9-11H2,1-3H3. The number of hydrogen-bond donors (Lipinski definition) is 1. The SMILES string of the molecule is COC(=O)C1CCN(C(C)C)C(Nc2ccccc2)C1. The van der Waals surface area contributed by atoms with E-state index in [1.165, 1.54) is 7.11 Å². The first-order chi connectivity index (χ1) is 9.61. The molecule has 1 saturated heterocycles. The predicted molar refractivity (Wildman–Crippen MR) is 80.4 cm³/mol. The zero-order chi connectivity index (χ0) is 14.5. The Hall–Kier alpha value is -1.55. The Kier molecular flexibility index (Phi) is 5.01. The van der Waals surface area contributed by atoms with Gasteiger partial charge < -0.3 is 10.1 Å². The predicted octanol–water partition coefficient (Wildman–Crippen LogP) is 2.72. The van der Waals surface area contributed by atoms with Crippen LogP contribution in [0.5, 0.6) is 0 Å². The molecule has 0 saturated carbocycles. The first-order valence-electron chi connectivity index (χ1n) is 7.27. The molecule has 0 spiro atoms. The van der Waals surface area contributed by atoms with Crippen molar-refractivity contribution in [3.63, 3.8) is 0 Å². The normalized spacial score (nSPS) is 23.6. The van der Waals surface area contributed by atoms with Gasteiger partial charge in [-0.1, -0.05) is 18.2 Å². The molecule has 1 aromatic rings. The summed E-state index contributed by atoms with van der Waals surface area (Å²) in [5, 5.41) is 3.54. The van der Waals surface area contributed by atoms with Crippen molar-refractivity contribution in [3.05, 3.63) is 30.3 Å². The van der Waals surface area contributed by atoms with Crippen LogP contribution in [-0.2, 0) is 9.53 Å². The maximum atomic E-state index is 11.8. The van der Waals surface area contributed by atoms with Crippen LogP contribution in [0, 0.1) is 5.92 Å². The zero-order valence-corrected chi connectivity index (χ0v) is 12.5.